The number of methoxy groups -OCH3 is 2. The summed E-state index contributed by atoms with van der Waals surface area (Å²) < 4.78 is 10.6. The molecule has 4 rings (SSSR count). The Bertz CT molecular complexity index is 1410. The molecule has 2 N–H and O–H groups in total. The van der Waals surface area contributed by atoms with Crippen LogP contribution in [0, 0.1) is 11.3 Å². The van der Waals surface area contributed by atoms with E-state index in [-0.39, 0.29) is 27.7 Å². The van der Waals surface area contributed by atoms with E-state index in [4.69, 9.17) is 26.3 Å². The summed E-state index contributed by atoms with van der Waals surface area (Å²) in [6.45, 7) is 0. The lowest BCUT2D eigenvalue weighted by Crippen LogP contribution is -2.29. The molecule has 176 valence electrons. The maximum Gasteiger partial charge on any atom is 0.300 e. The SMILES string of the molecule is COc1cc(OC)c(/C(O)=C2\C(=O)C(=O)N(c3ccc(C#N)cc3)C2c2cccc(O)c2)cc1Cl. The molecular formula is C26H19ClN2O6. The molecule has 1 aliphatic rings. The quantitative estimate of drug-likeness (QED) is 0.305. The van der Waals surface area contributed by atoms with Crippen LogP contribution in [0.1, 0.15) is 22.7 Å². The number of nitrogens with zero attached hydrogens (tertiary/aromatic N) is 2. The van der Waals surface area contributed by atoms with Crippen molar-refractivity contribution in [2.75, 3.05) is 19.1 Å². The summed E-state index contributed by atoms with van der Waals surface area (Å²) in [6.07, 6.45) is 0. The Labute approximate surface area is 205 Å². The van der Waals surface area contributed by atoms with Crippen molar-refractivity contribution in [1.82, 2.24) is 0 Å². The van der Waals surface area contributed by atoms with Crippen molar-refractivity contribution in [3.63, 3.8) is 0 Å². The number of aliphatic hydroxyl groups excluding tert-OH is 1. The van der Waals surface area contributed by atoms with Gasteiger partial charge in [-0.25, -0.2) is 0 Å². The second-order valence-electron chi connectivity index (χ2n) is 7.61. The number of rotatable bonds is 5. The first-order valence-electron chi connectivity index (χ1n) is 10.3. The van der Waals surface area contributed by atoms with Crippen LogP contribution < -0.4 is 14.4 Å². The van der Waals surface area contributed by atoms with Gasteiger partial charge in [-0.05, 0) is 48.0 Å². The number of Topliss-reactive ketones (excluding diaryl/α,β-unsaturated/α-hetero) is 1. The minimum atomic E-state index is -1.08. The van der Waals surface area contributed by atoms with Gasteiger partial charge in [0.05, 0.1) is 48.1 Å². The molecule has 1 heterocycles. The largest absolute Gasteiger partial charge is 0.508 e. The number of carbonyl (C=O) groups excluding carboxylic acids is 2. The number of halogens is 1. The van der Waals surface area contributed by atoms with Crippen LogP contribution in [0.4, 0.5) is 5.69 Å². The smallest absolute Gasteiger partial charge is 0.300 e. The molecule has 1 unspecified atom stereocenters. The molecule has 3 aromatic carbocycles. The zero-order valence-corrected chi connectivity index (χ0v) is 19.4. The number of phenolic OH excluding ortho intramolecular Hbond substituents is 1. The summed E-state index contributed by atoms with van der Waals surface area (Å²) in [7, 11) is 2.80. The molecule has 1 aliphatic heterocycles. The summed E-state index contributed by atoms with van der Waals surface area (Å²) in [6, 6.07) is 15.9. The van der Waals surface area contributed by atoms with Crippen molar-refractivity contribution in [2.24, 2.45) is 0 Å². The van der Waals surface area contributed by atoms with E-state index in [1.807, 2.05) is 6.07 Å². The maximum absolute atomic E-state index is 13.3. The number of benzene rings is 3. The topological polar surface area (TPSA) is 120 Å². The van der Waals surface area contributed by atoms with Gasteiger partial charge in [-0.2, -0.15) is 5.26 Å². The van der Waals surface area contributed by atoms with E-state index in [9.17, 15) is 19.8 Å². The van der Waals surface area contributed by atoms with Crippen molar-refractivity contribution in [2.45, 2.75) is 6.04 Å². The normalized spacial score (nSPS) is 16.7. The Kier molecular flexibility index (Phi) is 6.36. The molecule has 0 bridgehead atoms. The van der Waals surface area contributed by atoms with E-state index in [0.717, 1.165) is 0 Å². The van der Waals surface area contributed by atoms with Crippen LogP contribution in [0.25, 0.3) is 5.76 Å². The summed E-state index contributed by atoms with van der Waals surface area (Å²) >= 11 is 6.27. The molecule has 3 aromatic rings. The van der Waals surface area contributed by atoms with Gasteiger partial charge in [0.25, 0.3) is 11.7 Å². The van der Waals surface area contributed by atoms with Crippen LogP contribution in [-0.4, -0.2) is 36.1 Å². The highest BCUT2D eigenvalue weighted by atomic mass is 35.5. The lowest BCUT2D eigenvalue weighted by Gasteiger charge is -2.25. The molecule has 1 atom stereocenters. The minimum absolute atomic E-state index is 0.0845. The number of carbonyl (C=O) groups is 2. The number of hydrogen-bond donors (Lipinski definition) is 2. The lowest BCUT2D eigenvalue weighted by atomic mass is 9.94. The predicted octanol–water partition coefficient (Wildman–Crippen LogP) is 4.56. The molecule has 1 saturated heterocycles. The number of ether oxygens (including phenoxy) is 2. The summed E-state index contributed by atoms with van der Waals surface area (Å²) in [4.78, 5) is 27.7. The fourth-order valence-corrected chi connectivity index (χ4v) is 4.24. The average molecular weight is 491 g/mol. The third-order valence-corrected chi connectivity index (χ3v) is 5.93. The van der Waals surface area contributed by atoms with Crippen molar-refractivity contribution in [1.29, 1.82) is 5.26 Å². The van der Waals surface area contributed by atoms with Crippen LogP contribution in [0.2, 0.25) is 5.02 Å². The van der Waals surface area contributed by atoms with Gasteiger partial charge in [-0.3, -0.25) is 14.5 Å². The van der Waals surface area contributed by atoms with E-state index >= 15 is 0 Å². The van der Waals surface area contributed by atoms with Gasteiger partial charge in [0, 0.05) is 11.8 Å². The summed E-state index contributed by atoms with van der Waals surface area (Å²) in [5.74, 6) is -1.95. The van der Waals surface area contributed by atoms with Crippen LogP contribution in [-0.2, 0) is 9.59 Å². The first-order chi connectivity index (χ1) is 16.8. The zero-order valence-electron chi connectivity index (χ0n) is 18.7. The van der Waals surface area contributed by atoms with Crippen molar-refractivity contribution in [3.05, 3.63) is 87.9 Å². The number of anilines is 1. The molecule has 35 heavy (non-hydrogen) atoms. The molecule has 1 fully saturated rings. The predicted molar refractivity (Wildman–Crippen MR) is 129 cm³/mol. The van der Waals surface area contributed by atoms with Crippen LogP contribution in [0.3, 0.4) is 0 Å². The Hall–Kier alpha value is -4.48. The fourth-order valence-electron chi connectivity index (χ4n) is 4.00. The Morgan fingerprint density at radius 1 is 1.03 bits per heavy atom. The molecule has 0 radical (unpaired) electrons. The first kappa shape index (κ1) is 23.7. The second-order valence-corrected chi connectivity index (χ2v) is 8.02. The van der Waals surface area contributed by atoms with Gasteiger partial charge >= 0.3 is 0 Å². The van der Waals surface area contributed by atoms with Gasteiger partial charge in [0.15, 0.2) is 0 Å². The first-order valence-corrected chi connectivity index (χ1v) is 10.7. The maximum atomic E-state index is 13.3. The molecule has 0 spiro atoms. The number of amides is 1. The Morgan fingerprint density at radius 2 is 1.71 bits per heavy atom. The number of aromatic hydroxyl groups is 1. The Morgan fingerprint density at radius 3 is 2.31 bits per heavy atom. The van der Waals surface area contributed by atoms with Gasteiger partial charge in [0.1, 0.15) is 23.0 Å². The standard InChI is InChI=1S/C26H19ClN2O6/c1-34-20-12-21(35-2)19(27)11-18(20)24(31)22-23(15-4-3-5-17(30)10-15)29(26(33)25(22)32)16-8-6-14(13-28)7-9-16/h3-12,23,30-31H,1-2H3/b24-22+. The fraction of sp³-hybridized carbons (Fsp3) is 0.115. The number of nitriles is 1. The van der Waals surface area contributed by atoms with E-state index in [2.05, 4.69) is 0 Å². The number of phenols is 1. The van der Waals surface area contributed by atoms with Gasteiger partial charge in [-0.1, -0.05) is 23.7 Å². The monoisotopic (exact) mass is 490 g/mol. The summed E-state index contributed by atoms with van der Waals surface area (Å²) in [5, 5.41) is 30.7. The van der Waals surface area contributed by atoms with Gasteiger partial charge in [0.2, 0.25) is 0 Å². The van der Waals surface area contributed by atoms with Gasteiger partial charge in [-0.15, -0.1) is 0 Å². The second kappa shape index (κ2) is 9.41. The van der Waals surface area contributed by atoms with E-state index in [0.29, 0.717) is 22.6 Å². The molecule has 8 nitrogen and oxygen atoms in total. The highest BCUT2D eigenvalue weighted by Crippen LogP contribution is 2.45. The third kappa shape index (κ3) is 4.14. The molecule has 1 amide bonds. The summed E-state index contributed by atoms with van der Waals surface area (Å²) in [5.41, 5.74) is 0.953. The van der Waals surface area contributed by atoms with E-state index < -0.39 is 23.5 Å². The third-order valence-electron chi connectivity index (χ3n) is 5.63. The molecule has 0 aromatic heterocycles. The van der Waals surface area contributed by atoms with Crippen molar-refractivity contribution >= 4 is 34.7 Å². The van der Waals surface area contributed by atoms with Crippen LogP contribution in [0.5, 0.6) is 17.2 Å². The highest BCUT2D eigenvalue weighted by Gasteiger charge is 2.47. The van der Waals surface area contributed by atoms with Gasteiger partial charge < -0.3 is 19.7 Å². The number of aliphatic hydroxyl groups is 1. The van der Waals surface area contributed by atoms with E-state index in [1.54, 1.807) is 12.1 Å². The van der Waals surface area contributed by atoms with Crippen LogP contribution in [0.15, 0.2) is 66.2 Å². The lowest BCUT2D eigenvalue weighted by molar-refractivity contribution is -0.132. The minimum Gasteiger partial charge on any atom is -0.508 e. The molecular weight excluding hydrogens is 472 g/mol. The number of ketones is 1. The number of hydrogen-bond acceptors (Lipinski definition) is 7. The highest BCUT2D eigenvalue weighted by molar-refractivity contribution is 6.51. The molecule has 0 aliphatic carbocycles. The Balaban J connectivity index is 1.98. The van der Waals surface area contributed by atoms with Crippen molar-refractivity contribution in [3.8, 4) is 23.3 Å². The average Bonchev–Trinajstić information content (AvgIpc) is 3.13. The molecule has 0 saturated carbocycles. The van der Waals surface area contributed by atoms with Crippen molar-refractivity contribution < 1.29 is 29.3 Å². The van der Waals surface area contributed by atoms with Crippen LogP contribution >= 0.6 is 11.6 Å². The molecule has 9 heteroatoms. The zero-order chi connectivity index (χ0) is 25.3. The van der Waals surface area contributed by atoms with E-state index in [1.165, 1.54) is 67.7 Å².